The van der Waals surface area contributed by atoms with Crippen LogP contribution >= 0.6 is 178 Å². The van der Waals surface area contributed by atoms with Crippen molar-refractivity contribution in [1.82, 2.24) is 0 Å². The number of carbonyl (C=O) groups excluding carboxylic acids is 2. The standard InChI is InChI=1S/C20H20P.4C4H7.C3H6O.C3H5O.C3H7.CH3I.9CH4.4CH3.7HI.2V.2W.4Y/c1-2-21(18-12-6-3-7-13-18,19-14-8-4-9-15-19)20-16-10-5-11-17-20;4*1-2-4-3-1;2*1-2-3-4;1-3-2;1-2;;;;;;;;;;;;;;;;;;;;;;;;;;;;/h3-17H,2H2,1H3;4*1H,2-4H2;3H,2H2,1H3;3H,1-2H2;1,3H2,2H3;1H3;9*1H4;4*1H3;7*1H;;;;;;;;/q+1;4*-1;;2*-1;;;;;;;;;;;4*-1;;;;;;;;+2;+3;2*+2;;;;/p-5. The van der Waals surface area contributed by atoms with Crippen molar-refractivity contribution in [2.24, 2.45) is 0 Å². The molecule has 19 heteroatoms. The molecule has 0 N–H and O–H groups in total. The Balaban J connectivity index is -0.0000000186. The molecule has 0 unspecified atom stereocenters. The second-order valence-electron chi connectivity index (χ2n) is 11.8. The van der Waals surface area contributed by atoms with E-state index in [-0.39, 0.29) is 322 Å². The number of alkyl halides is 1. The van der Waals surface area contributed by atoms with E-state index in [2.05, 4.69) is 260 Å². The van der Waals surface area contributed by atoms with Crippen LogP contribution in [0.5, 0.6) is 0 Å². The van der Waals surface area contributed by atoms with Crippen LogP contribution in [0.15, 0.2) is 91.0 Å². The molecule has 2 nitrogen and oxygen atoms in total. The van der Waals surface area contributed by atoms with Crippen molar-refractivity contribution in [2.45, 2.75) is 184 Å². The SMILES string of the molecule is C.C.C.C.C.C.C.C.C.CCC=O.CC[P+](c1ccccc1)(c1ccccc1)c1ccccc1.CI.I.I.[CH-]1CCC1.[CH-]1CCC1.[CH-]1CCC1.[CH-]1CCC1.[CH2-]CC.[CH2-]CC=O.[CH3-].[CH3-].[CH3-].[CH3-].[I][V]([I])[I].[I][V][I].[W+2].[W+2].[Y].[Y].[Y].[Y]. The number of halogens is 8. The van der Waals surface area contributed by atoms with Crippen molar-refractivity contribution in [2.75, 3.05) is 11.1 Å². The first-order valence-corrected chi connectivity index (χ1v) is 46.3. The first kappa shape index (κ1) is 168. The van der Waals surface area contributed by atoms with Gasteiger partial charge >= 0.3 is 156 Å². The Labute approximate surface area is 742 Å². The molecule has 3 aromatic rings. The molecule has 0 bridgehead atoms. The van der Waals surface area contributed by atoms with E-state index < -0.39 is 7.26 Å². The maximum atomic E-state index is 9.17. The van der Waals surface area contributed by atoms with Gasteiger partial charge in [-0.2, -0.15) is 57.8 Å². The van der Waals surface area contributed by atoms with Crippen molar-refractivity contribution < 1.29 is 197 Å². The first-order chi connectivity index (χ1) is 27.8. The van der Waals surface area contributed by atoms with Crippen LogP contribution in [0.2, 0.25) is 0 Å². The third-order valence-electron chi connectivity index (χ3n) is 7.62. The van der Waals surface area contributed by atoms with E-state index >= 15 is 0 Å². The second kappa shape index (κ2) is 148. The minimum Gasteiger partial charge on any atom is 0 e. The van der Waals surface area contributed by atoms with Gasteiger partial charge in [-0.25, -0.2) is 0 Å². The van der Waals surface area contributed by atoms with Crippen molar-refractivity contribution in [3.63, 3.8) is 0 Å². The van der Waals surface area contributed by atoms with Crippen LogP contribution in [0.4, 0.5) is 0 Å². The Hall–Kier alpha value is 10.2. The van der Waals surface area contributed by atoms with Crippen molar-refractivity contribution in [3.8, 4) is 0 Å². The molecule has 7 rings (SSSR count). The van der Waals surface area contributed by atoms with Gasteiger partial charge in [-0.05, 0) is 48.3 Å². The molecule has 0 spiro atoms. The first-order valence-electron chi connectivity index (χ1n) is 19.6. The number of carbonyl (C=O) groups is 2. The summed E-state index contributed by atoms with van der Waals surface area (Å²) in [6.45, 7) is 12.9. The molecule has 4 aliphatic rings. The molecule has 4 saturated carbocycles. The van der Waals surface area contributed by atoms with Crippen LogP contribution < -0.4 is 15.9 Å². The average Bonchev–Trinajstić information content (AvgIpc) is 3.12. The van der Waals surface area contributed by atoms with Gasteiger partial charge in [0.05, 0.1) is 12.4 Å². The minimum absolute atomic E-state index is 0. The maximum Gasteiger partial charge on any atom is 2.00 e. The largest absolute Gasteiger partial charge is 2.00 e. The third kappa shape index (κ3) is 117. The molecule has 0 aliphatic heterocycles. The normalized spacial score (nSPS) is 9.55. The van der Waals surface area contributed by atoms with Crippen molar-refractivity contribution >= 4 is 206 Å². The van der Waals surface area contributed by atoms with Gasteiger partial charge in [0.25, 0.3) is 0 Å². The van der Waals surface area contributed by atoms with Gasteiger partial charge in [0, 0.05) is 137 Å². The van der Waals surface area contributed by atoms with Gasteiger partial charge in [-0.1, -0.05) is 158 Å². The van der Waals surface area contributed by atoms with Gasteiger partial charge in [0.15, 0.2) is 0 Å². The summed E-state index contributed by atoms with van der Waals surface area (Å²) in [6, 6.07) is 33.0. The monoisotopic (exact) mass is 2730 g/mol. The van der Waals surface area contributed by atoms with Gasteiger partial charge in [0.2, 0.25) is 0 Å². The smallest absolute Gasteiger partial charge is 0 e. The summed E-state index contributed by atoms with van der Waals surface area (Å²) < 4.78 is 0. The molecule has 4 fully saturated rings. The summed E-state index contributed by atoms with van der Waals surface area (Å²) in [6.07, 6.45) is 30.8. The summed E-state index contributed by atoms with van der Waals surface area (Å²) in [4.78, 5) is 20.0. The number of aldehydes is 2. The Bertz CT molecular complexity index is 1040. The van der Waals surface area contributed by atoms with Crippen LogP contribution in [0.3, 0.4) is 0 Å². The van der Waals surface area contributed by atoms with E-state index in [9.17, 15) is 4.79 Å². The minimum atomic E-state index is -1.53. The van der Waals surface area contributed by atoms with Gasteiger partial charge < -0.3 is 78.8 Å². The summed E-state index contributed by atoms with van der Waals surface area (Å²) in [5.41, 5.74) is 0. The number of hydrogen-bond donors (Lipinski definition) is 0. The van der Waals surface area contributed by atoms with Crippen LogP contribution in [0.1, 0.15) is 184 Å². The molecular weight excluding hydrogens is 2610 g/mol. The van der Waals surface area contributed by atoms with Crippen LogP contribution in [0.25, 0.3) is 0 Å². The Morgan fingerprint density at radius 1 is 0.487 bits per heavy atom. The zero-order valence-electron chi connectivity index (χ0n) is 42.7. The fourth-order valence-corrected chi connectivity index (χ4v) is 7.89. The fraction of sp³-hybridized carbons (Fsp3) is 0.492. The number of rotatable bonds is 6. The van der Waals surface area contributed by atoms with Crippen LogP contribution in [-0.4, -0.2) is 23.7 Å². The van der Waals surface area contributed by atoms with E-state index in [1.165, 1.54) is 93.0 Å². The molecule has 4 aliphatic carbocycles. The zero-order chi connectivity index (χ0) is 43.7. The Morgan fingerprint density at radius 2 is 0.603 bits per heavy atom. The summed E-state index contributed by atoms with van der Waals surface area (Å²) in [7, 11) is -0.907. The molecule has 0 aromatic heterocycles. The van der Waals surface area contributed by atoms with E-state index in [1.54, 1.807) is 0 Å². The molecule has 4 radical (unpaired) electrons. The van der Waals surface area contributed by atoms with Crippen LogP contribution in [0, 0.1) is 69.2 Å². The molecule has 467 valence electrons. The Morgan fingerprint density at radius 3 is 0.667 bits per heavy atom. The second-order valence-corrected chi connectivity index (χ2v) is 62.8. The summed E-state index contributed by atoms with van der Waals surface area (Å²) in [5.74, 6) is 0. The maximum absolute atomic E-state index is 9.17. The third-order valence-corrected chi connectivity index (χ3v) is 12.1. The van der Waals surface area contributed by atoms with Crippen molar-refractivity contribution in [3.05, 3.63) is 160 Å². The Kier molecular flexibility index (Phi) is 318. The number of hydrogen-bond acceptors (Lipinski definition) is 2. The topological polar surface area (TPSA) is 34.1 Å². The molecule has 0 atom stereocenters. The molecule has 3 aromatic carbocycles. The molecule has 0 amide bonds. The van der Waals surface area contributed by atoms with Gasteiger partial charge in [-0.15, -0.1) is 80.1 Å². The summed E-state index contributed by atoms with van der Waals surface area (Å²) in [5, 5.41) is 4.39. The number of benzene rings is 3. The van der Waals surface area contributed by atoms with Crippen molar-refractivity contribution in [1.29, 1.82) is 0 Å². The molecule has 0 heterocycles. The van der Waals surface area contributed by atoms with E-state index in [1.807, 2.05) is 18.8 Å². The zero-order valence-corrected chi connectivity index (χ0v) is 81.2. The molecular formula is C59H119I8O2PV2W2Y4-5. The van der Waals surface area contributed by atoms with Gasteiger partial charge in [-0.3, -0.25) is 0 Å². The molecule has 0 saturated heterocycles. The fourth-order valence-electron chi connectivity index (χ4n) is 3.86. The predicted molar refractivity (Wildman–Crippen MR) is 423 cm³/mol. The van der Waals surface area contributed by atoms with Crippen LogP contribution in [-0.2, 0) is 197 Å². The van der Waals surface area contributed by atoms with Gasteiger partial charge in [0.1, 0.15) is 29.5 Å². The average molecular weight is 2730 g/mol. The van der Waals surface area contributed by atoms with E-state index in [0.29, 0.717) is 22.3 Å². The quantitative estimate of drug-likeness (QED) is 0.0810. The van der Waals surface area contributed by atoms with E-state index in [4.69, 9.17) is 4.79 Å². The summed E-state index contributed by atoms with van der Waals surface area (Å²) >= 11 is 14.3. The van der Waals surface area contributed by atoms with E-state index in [0.717, 1.165) is 25.2 Å². The predicted octanol–water partition coefficient (Wildman–Crippen LogP) is 26.0. The molecule has 78 heavy (non-hydrogen) atoms.